The number of carbonyl (C=O) groups is 1. The van der Waals surface area contributed by atoms with Crippen molar-refractivity contribution in [3.63, 3.8) is 0 Å². The quantitative estimate of drug-likeness (QED) is 0.772. The van der Waals surface area contributed by atoms with E-state index < -0.39 is 0 Å². The van der Waals surface area contributed by atoms with Crippen molar-refractivity contribution in [3.05, 3.63) is 48.0 Å². The number of nitrogens with zero attached hydrogens (tertiary/aromatic N) is 2. The number of aryl methyl sites for hydroxylation is 1. The third-order valence-electron chi connectivity index (χ3n) is 3.64. The molecule has 6 nitrogen and oxygen atoms in total. The van der Waals surface area contributed by atoms with Gasteiger partial charge in [0.25, 0.3) is 0 Å². The van der Waals surface area contributed by atoms with Crippen molar-refractivity contribution >= 4 is 6.03 Å². The van der Waals surface area contributed by atoms with Gasteiger partial charge in [0.15, 0.2) is 0 Å². The van der Waals surface area contributed by atoms with Gasteiger partial charge < -0.3 is 19.9 Å². The lowest BCUT2D eigenvalue weighted by Gasteiger charge is -2.20. The van der Waals surface area contributed by atoms with Crippen LogP contribution in [0.25, 0.3) is 0 Å². The maximum Gasteiger partial charge on any atom is 0.315 e. The molecule has 2 aromatic rings. The number of hydrogen-bond acceptors (Lipinski definition) is 3. The molecule has 0 spiro atoms. The summed E-state index contributed by atoms with van der Waals surface area (Å²) in [6.07, 6.45) is 5.58. The van der Waals surface area contributed by atoms with E-state index >= 15 is 0 Å². The maximum absolute atomic E-state index is 12.2. The van der Waals surface area contributed by atoms with Gasteiger partial charge in [0.05, 0.1) is 7.11 Å². The molecular formula is C17H24N4O2. The van der Waals surface area contributed by atoms with Crippen LogP contribution in [0.1, 0.15) is 37.2 Å². The third-order valence-corrected chi connectivity index (χ3v) is 3.64. The van der Waals surface area contributed by atoms with Crippen LogP contribution in [0.15, 0.2) is 36.7 Å². The highest BCUT2D eigenvalue weighted by molar-refractivity contribution is 5.74. The van der Waals surface area contributed by atoms with E-state index in [9.17, 15) is 4.79 Å². The van der Waals surface area contributed by atoms with Crippen molar-refractivity contribution in [2.24, 2.45) is 7.05 Å². The Morgan fingerprint density at radius 1 is 1.43 bits per heavy atom. The molecule has 0 radical (unpaired) electrons. The molecule has 0 bridgehead atoms. The van der Waals surface area contributed by atoms with Crippen molar-refractivity contribution in [1.29, 1.82) is 0 Å². The number of unbranched alkanes of at least 4 members (excludes halogenated alkanes) is 1. The van der Waals surface area contributed by atoms with Crippen molar-refractivity contribution in [2.45, 2.75) is 25.8 Å². The Bertz CT molecular complexity index is 639. The van der Waals surface area contributed by atoms with Crippen molar-refractivity contribution in [1.82, 2.24) is 20.2 Å². The molecule has 2 amide bonds. The van der Waals surface area contributed by atoms with Crippen molar-refractivity contribution in [3.8, 4) is 5.75 Å². The van der Waals surface area contributed by atoms with Crippen LogP contribution in [0.4, 0.5) is 4.79 Å². The number of hydrogen-bond donors (Lipinski definition) is 2. The summed E-state index contributed by atoms with van der Waals surface area (Å²) in [5.74, 6) is 1.51. The predicted molar refractivity (Wildman–Crippen MR) is 89.5 cm³/mol. The number of ether oxygens (including phenoxy) is 1. The van der Waals surface area contributed by atoms with E-state index in [4.69, 9.17) is 4.74 Å². The molecule has 124 valence electrons. The smallest absolute Gasteiger partial charge is 0.315 e. The summed E-state index contributed by atoms with van der Waals surface area (Å²) in [5, 5.41) is 5.87. The van der Waals surface area contributed by atoms with E-state index in [1.165, 1.54) is 0 Å². The van der Waals surface area contributed by atoms with E-state index in [2.05, 4.69) is 22.5 Å². The summed E-state index contributed by atoms with van der Waals surface area (Å²) in [6.45, 7) is 2.75. The van der Waals surface area contributed by atoms with Gasteiger partial charge in [-0.25, -0.2) is 9.78 Å². The van der Waals surface area contributed by atoms with Gasteiger partial charge in [0, 0.05) is 26.0 Å². The van der Waals surface area contributed by atoms with E-state index in [1.54, 1.807) is 13.3 Å². The molecule has 1 aromatic carbocycles. The number of carbonyl (C=O) groups excluding carboxylic acids is 1. The monoisotopic (exact) mass is 316 g/mol. The molecule has 0 aliphatic rings. The molecule has 2 N–H and O–H groups in total. The average molecular weight is 316 g/mol. The largest absolute Gasteiger partial charge is 0.497 e. The third kappa shape index (κ3) is 4.48. The molecule has 0 fully saturated rings. The van der Waals surface area contributed by atoms with Crippen LogP contribution < -0.4 is 15.4 Å². The topological polar surface area (TPSA) is 68.2 Å². The first kappa shape index (κ1) is 16.9. The van der Waals surface area contributed by atoms with Gasteiger partial charge in [0.1, 0.15) is 17.6 Å². The number of aromatic nitrogens is 2. The van der Waals surface area contributed by atoms with Crippen molar-refractivity contribution < 1.29 is 9.53 Å². The minimum absolute atomic E-state index is 0.200. The first-order valence-electron chi connectivity index (χ1n) is 7.81. The summed E-state index contributed by atoms with van der Waals surface area (Å²) in [4.78, 5) is 16.5. The number of urea groups is 1. The summed E-state index contributed by atoms with van der Waals surface area (Å²) in [5.41, 5.74) is 0.921. The van der Waals surface area contributed by atoms with Crippen LogP contribution in [0, 0.1) is 0 Å². The molecule has 1 aromatic heterocycles. The van der Waals surface area contributed by atoms with Gasteiger partial charge in [-0.3, -0.25) is 0 Å². The number of amides is 2. The van der Waals surface area contributed by atoms with Gasteiger partial charge in [0.2, 0.25) is 0 Å². The molecule has 0 saturated carbocycles. The van der Waals surface area contributed by atoms with Crippen molar-refractivity contribution in [2.75, 3.05) is 13.7 Å². The Kier molecular flexibility index (Phi) is 6.02. The fraction of sp³-hybridized carbons (Fsp3) is 0.412. The lowest BCUT2D eigenvalue weighted by molar-refractivity contribution is 0.238. The van der Waals surface area contributed by atoms with E-state index in [0.717, 1.165) is 30.0 Å². The second-order valence-corrected chi connectivity index (χ2v) is 5.36. The fourth-order valence-electron chi connectivity index (χ4n) is 2.33. The molecule has 0 aliphatic carbocycles. The molecule has 0 aliphatic heterocycles. The van der Waals surface area contributed by atoms with E-state index in [0.29, 0.717) is 6.54 Å². The van der Waals surface area contributed by atoms with Crippen LogP contribution in [-0.2, 0) is 7.05 Å². The minimum atomic E-state index is -0.341. The standard InChI is InChI=1S/C17H24N4O2/c1-4-5-9-19-17(22)20-15(16-18-10-11-21(16)2)13-7-6-8-14(12-13)23-3/h6-8,10-12,15H,4-5,9H2,1-3H3,(H2,19,20,22)/t15-/m1/s1. The number of imidazole rings is 1. The first-order chi connectivity index (χ1) is 11.2. The molecule has 6 heteroatoms. The highest BCUT2D eigenvalue weighted by atomic mass is 16.5. The Hall–Kier alpha value is -2.50. The second-order valence-electron chi connectivity index (χ2n) is 5.36. The minimum Gasteiger partial charge on any atom is -0.497 e. The van der Waals surface area contributed by atoms with Gasteiger partial charge in [-0.1, -0.05) is 25.5 Å². The zero-order chi connectivity index (χ0) is 16.7. The maximum atomic E-state index is 12.2. The Balaban J connectivity index is 2.22. The van der Waals surface area contributed by atoms with Gasteiger partial charge in [-0.05, 0) is 24.1 Å². The van der Waals surface area contributed by atoms with Crippen LogP contribution in [-0.4, -0.2) is 29.2 Å². The predicted octanol–water partition coefficient (Wildman–Crippen LogP) is 2.62. The SMILES string of the molecule is CCCCNC(=O)N[C@H](c1cccc(OC)c1)c1nccn1C. The highest BCUT2D eigenvalue weighted by Gasteiger charge is 2.21. The summed E-state index contributed by atoms with van der Waals surface area (Å²) in [7, 11) is 3.53. The molecular weight excluding hydrogens is 292 g/mol. The molecule has 23 heavy (non-hydrogen) atoms. The van der Waals surface area contributed by atoms with Gasteiger partial charge >= 0.3 is 6.03 Å². The molecule has 1 heterocycles. The zero-order valence-corrected chi connectivity index (χ0v) is 13.9. The Labute approximate surface area is 136 Å². The molecule has 0 unspecified atom stereocenters. The van der Waals surface area contributed by atoms with E-state index in [1.807, 2.05) is 42.1 Å². The fourth-order valence-corrected chi connectivity index (χ4v) is 2.33. The normalized spacial score (nSPS) is 11.8. The van der Waals surface area contributed by atoms with Crippen LogP contribution in [0.2, 0.25) is 0 Å². The van der Waals surface area contributed by atoms with Crippen LogP contribution in [0.3, 0.4) is 0 Å². The van der Waals surface area contributed by atoms with Gasteiger partial charge in [-0.15, -0.1) is 0 Å². The van der Waals surface area contributed by atoms with Gasteiger partial charge in [-0.2, -0.15) is 0 Å². The zero-order valence-electron chi connectivity index (χ0n) is 13.9. The average Bonchev–Trinajstić information content (AvgIpc) is 2.99. The highest BCUT2D eigenvalue weighted by Crippen LogP contribution is 2.24. The van der Waals surface area contributed by atoms with Crippen LogP contribution >= 0.6 is 0 Å². The number of rotatable bonds is 7. The first-order valence-corrected chi connectivity index (χ1v) is 7.81. The molecule has 1 atom stereocenters. The molecule has 2 rings (SSSR count). The number of nitrogens with one attached hydrogen (secondary N) is 2. The van der Waals surface area contributed by atoms with E-state index in [-0.39, 0.29) is 12.1 Å². The summed E-state index contributed by atoms with van der Waals surface area (Å²) in [6, 6.07) is 7.10. The lowest BCUT2D eigenvalue weighted by atomic mass is 10.1. The Morgan fingerprint density at radius 2 is 2.26 bits per heavy atom. The second kappa shape index (κ2) is 8.22. The van der Waals surface area contributed by atoms with Crippen LogP contribution in [0.5, 0.6) is 5.75 Å². The molecule has 0 saturated heterocycles. The summed E-state index contributed by atoms with van der Waals surface area (Å²) < 4.78 is 7.18. The number of benzene rings is 1. The Morgan fingerprint density at radius 3 is 2.91 bits per heavy atom. The summed E-state index contributed by atoms with van der Waals surface area (Å²) >= 11 is 0. The lowest BCUT2D eigenvalue weighted by Crippen LogP contribution is -2.39. The number of methoxy groups -OCH3 is 1.